The van der Waals surface area contributed by atoms with Crippen molar-refractivity contribution in [3.63, 3.8) is 0 Å². The first-order valence-electron chi connectivity index (χ1n) is 5.60. The minimum absolute atomic E-state index is 0.0728. The van der Waals surface area contributed by atoms with Crippen LogP contribution in [0, 0.1) is 11.3 Å². The number of rotatable bonds is 2. The van der Waals surface area contributed by atoms with E-state index >= 15 is 0 Å². The quantitative estimate of drug-likeness (QED) is 0.880. The summed E-state index contributed by atoms with van der Waals surface area (Å²) in [5, 5.41) is 11.5. The molecule has 0 aliphatic carbocycles. The second-order valence-electron chi connectivity index (χ2n) is 4.13. The Morgan fingerprint density at radius 1 is 1.24 bits per heavy atom. The van der Waals surface area contributed by atoms with E-state index in [0.29, 0.717) is 0 Å². The van der Waals surface area contributed by atoms with Crippen LogP contribution in [0.5, 0.6) is 0 Å². The van der Waals surface area contributed by atoms with E-state index in [4.69, 9.17) is 22.6 Å². The van der Waals surface area contributed by atoms with Crippen molar-refractivity contribution in [1.29, 1.82) is 5.26 Å². The lowest BCUT2D eigenvalue weighted by atomic mass is 10.2. The molecule has 0 spiro atoms. The molecule has 1 aromatic heterocycles. The van der Waals surface area contributed by atoms with E-state index in [-0.39, 0.29) is 27.8 Å². The highest BCUT2D eigenvalue weighted by molar-refractivity contribution is 6.31. The fraction of sp³-hybridized carbons (Fsp3) is 0.0769. The second-order valence-corrected chi connectivity index (χ2v) is 4.56. The number of nitrogens with zero attached hydrogens (tertiary/aromatic N) is 2. The minimum atomic E-state index is -4.52. The summed E-state index contributed by atoms with van der Waals surface area (Å²) in [5.41, 5.74) is 5.06. The molecule has 0 saturated carbocycles. The molecule has 2 aromatic rings. The lowest BCUT2D eigenvalue weighted by Gasteiger charge is -2.12. The Kier molecular flexibility index (Phi) is 3.91. The molecule has 3 N–H and O–H groups in total. The maximum Gasteiger partial charge on any atom is 0.416 e. The van der Waals surface area contributed by atoms with Gasteiger partial charge in [-0.05, 0) is 24.3 Å². The number of anilines is 3. The van der Waals surface area contributed by atoms with Crippen LogP contribution in [0.1, 0.15) is 11.1 Å². The third-order valence-electron chi connectivity index (χ3n) is 2.52. The van der Waals surface area contributed by atoms with Crippen molar-refractivity contribution >= 4 is 28.8 Å². The molecule has 0 atom stereocenters. The molecule has 8 heteroatoms. The monoisotopic (exact) mass is 312 g/mol. The fourth-order valence-corrected chi connectivity index (χ4v) is 1.86. The summed E-state index contributed by atoms with van der Waals surface area (Å²) in [6.07, 6.45) is -3.23. The zero-order valence-corrected chi connectivity index (χ0v) is 11.1. The normalized spacial score (nSPS) is 11.0. The molecular weight excluding hydrogens is 305 g/mol. The van der Waals surface area contributed by atoms with Gasteiger partial charge in [0.2, 0.25) is 0 Å². The van der Waals surface area contributed by atoms with Gasteiger partial charge in [0.25, 0.3) is 0 Å². The predicted octanol–water partition coefficient (Wildman–Crippen LogP) is 3.95. The zero-order chi connectivity index (χ0) is 15.6. The van der Waals surface area contributed by atoms with Crippen LogP contribution in [0.2, 0.25) is 5.02 Å². The lowest BCUT2D eigenvalue weighted by Crippen LogP contribution is -2.06. The number of hydrogen-bond acceptors (Lipinski definition) is 4. The summed E-state index contributed by atoms with van der Waals surface area (Å²) in [7, 11) is 0. The lowest BCUT2D eigenvalue weighted by molar-refractivity contribution is -0.137. The number of nitrogen functional groups attached to an aromatic ring is 1. The Balaban J connectivity index is 2.41. The van der Waals surface area contributed by atoms with E-state index in [1.807, 2.05) is 6.07 Å². The molecule has 0 fully saturated rings. The first-order valence-corrected chi connectivity index (χ1v) is 5.98. The van der Waals surface area contributed by atoms with Gasteiger partial charge in [0.15, 0.2) is 0 Å². The molecule has 0 aliphatic rings. The number of halogens is 4. The van der Waals surface area contributed by atoms with E-state index in [2.05, 4.69) is 10.3 Å². The number of nitrogens with two attached hydrogens (primary N) is 1. The first kappa shape index (κ1) is 14.9. The van der Waals surface area contributed by atoms with Crippen molar-refractivity contribution in [3.05, 3.63) is 46.6 Å². The van der Waals surface area contributed by atoms with Crippen molar-refractivity contribution in [1.82, 2.24) is 4.98 Å². The summed E-state index contributed by atoms with van der Waals surface area (Å²) in [4.78, 5) is 3.88. The Bertz CT molecular complexity index is 722. The van der Waals surface area contributed by atoms with Crippen LogP contribution >= 0.6 is 11.6 Å². The number of hydrogen-bond donors (Lipinski definition) is 2. The third kappa shape index (κ3) is 3.55. The fourth-order valence-electron chi connectivity index (χ4n) is 1.63. The summed E-state index contributed by atoms with van der Waals surface area (Å²) in [6.45, 7) is 0. The summed E-state index contributed by atoms with van der Waals surface area (Å²) >= 11 is 5.68. The van der Waals surface area contributed by atoms with Crippen molar-refractivity contribution in [2.75, 3.05) is 11.1 Å². The van der Waals surface area contributed by atoms with Gasteiger partial charge in [0.1, 0.15) is 11.9 Å². The summed E-state index contributed by atoms with van der Waals surface area (Å²) in [5.74, 6) is 0.0992. The summed E-state index contributed by atoms with van der Waals surface area (Å²) in [6, 6.07) is 6.22. The number of pyridine rings is 1. The molecule has 0 unspecified atom stereocenters. The number of alkyl halides is 3. The Morgan fingerprint density at radius 3 is 2.57 bits per heavy atom. The summed E-state index contributed by atoms with van der Waals surface area (Å²) < 4.78 is 38.1. The van der Waals surface area contributed by atoms with Crippen molar-refractivity contribution < 1.29 is 13.2 Å². The second kappa shape index (κ2) is 5.50. The number of benzene rings is 1. The van der Waals surface area contributed by atoms with Crippen LogP contribution in [0.15, 0.2) is 30.5 Å². The van der Waals surface area contributed by atoms with Gasteiger partial charge in [-0.15, -0.1) is 0 Å². The molecule has 21 heavy (non-hydrogen) atoms. The van der Waals surface area contributed by atoms with Gasteiger partial charge in [-0.1, -0.05) is 11.6 Å². The van der Waals surface area contributed by atoms with Gasteiger partial charge in [-0.25, -0.2) is 4.98 Å². The van der Waals surface area contributed by atoms with E-state index in [1.54, 1.807) is 0 Å². The molecule has 4 nitrogen and oxygen atoms in total. The SMILES string of the molecule is N#Cc1cc(N)cnc1Nc1cc(Cl)cc(C(F)(F)F)c1. The highest BCUT2D eigenvalue weighted by atomic mass is 35.5. The van der Waals surface area contributed by atoms with Crippen molar-refractivity contribution in [3.8, 4) is 6.07 Å². The van der Waals surface area contributed by atoms with Crippen LogP contribution in [0.3, 0.4) is 0 Å². The molecule has 108 valence electrons. The van der Waals surface area contributed by atoms with Gasteiger partial charge in [-0.2, -0.15) is 18.4 Å². The van der Waals surface area contributed by atoms with Crippen LogP contribution < -0.4 is 11.1 Å². The Morgan fingerprint density at radius 2 is 1.95 bits per heavy atom. The van der Waals surface area contributed by atoms with Gasteiger partial charge < -0.3 is 11.1 Å². The largest absolute Gasteiger partial charge is 0.416 e. The van der Waals surface area contributed by atoms with Gasteiger partial charge in [-0.3, -0.25) is 0 Å². The van der Waals surface area contributed by atoms with Gasteiger partial charge in [0.05, 0.1) is 23.0 Å². The van der Waals surface area contributed by atoms with E-state index in [1.165, 1.54) is 18.3 Å². The Labute approximate surface area is 123 Å². The van der Waals surface area contributed by atoms with Gasteiger partial charge in [0, 0.05) is 10.7 Å². The van der Waals surface area contributed by atoms with Crippen LogP contribution in [-0.2, 0) is 6.18 Å². The molecule has 0 saturated heterocycles. The van der Waals surface area contributed by atoms with Gasteiger partial charge >= 0.3 is 6.18 Å². The number of aromatic nitrogens is 1. The zero-order valence-electron chi connectivity index (χ0n) is 10.4. The van der Waals surface area contributed by atoms with Crippen LogP contribution in [0.25, 0.3) is 0 Å². The van der Waals surface area contributed by atoms with E-state index in [9.17, 15) is 13.2 Å². The number of nitriles is 1. The van der Waals surface area contributed by atoms with Crippen molar-refractivity contribution in [2.24, 2.45) is 0 Å². The Hall–Kier alpha value is -2.46. The molecule has 1 aromatic carbocycles. The van der Waals surface area contributed by atoms with E-state index in [0.717, 1.165) is 12.1 Å². The molecule has 1 heterocycles. The average molecular weight is 313 g/mol. The topological polar surface area (TPSA) is 74.7 Å². The molecule has 2 rings (SSSR count). The third-order valence-corrected chi connectivity index (χ3v) is 2.74. The maximum atomic E-state index is 12.7. The minimum Gasteiger partial charge on any atom is -0.397 e. The number of nitrogens with one attached hydrogen (secondary N) is 1. The first-order chi connectivity index (χ1) is 9.79. The smallest absolute Gasteiger partial charge is 0.397 e. The predicted molar refractivity (Wildman–Crippen MR) is 73.1 cm³/mol. The molecule has 0 radical (unpaired) electrons. The molecular formula is C13H8ClF3N4. The van der Waals surface area contributed by atoms with Crippen LogP contribution in [0.4, 0.5) is 30.4 Å². The molecule has 0 aliphatic heterocycles. The average Bonchev–Trinajstić information content (AvgIpc) is 2.39. The van der Waals surface area contributed by atoms with Crippen LogP contribution in [-0.4, -0.2) is 4.98 Å². The van der Waals surface area contributed by atoms with Crippen molar-refractivity contribution in [2.45, 2.75) is 6.18 Å². The highest BCUT2D eigenvalue weighted by Crippen LogP contribution is 2.34. The van der Waals surface area contributed by atoms with E-state index < -0.39 is 11.7 Å². The highest BCUT2D eigenvalue weighted by Gasteiger charge is 2.31. The standard InChI is InChI=1S/C13H8ClF3N4/c14-9-2-8(13(15,16)17)3-11(4-9)21-12-7(5-18)1-10(19)6-20-12/h1-4,6H,19H2,(H,20,21). The molecule has 0 amide bonds. The molecule has 0 bridgehead atoms. The maximum absolute atomic E-state index is 12.7.